The van der Waals surface area contributed by atoms with Crippen molar-refractivity contribution >= 4 is 5.78 Å². The molecule has 116 valence electrons. The summed E-state index contributed by atoms with van der Waals surface area (Å²) in [6, 6.07) is 12.0. The number of methoxy groups -OCH3 is 1. The van der Waals surface area contributed by atoms with Crippen LogP contribution in [0.25, 0.3) is 0 Å². The zero-order valence-electron chi connectivity index (χ0n) is 12.8. The van der Waals surface area contributed by atoms with Crippen molar-refractivity contribution < 1.29 is 18.7 Å². The summed E-state index contributed by atoms with van der Waals surface area (Å²) in [5.41, 5.74) is 1.50. The molecule has 0 atom stereocenters. The summed E-state index contributed by atoms with van der Waals surface area (Å²) < 4.78 is 24.5. The Kier molecular flexibility index (Phi) is 5.53. The molecule has 0 heterocycles. The quantitative estimate of drug-likeness (QED) is 0.777. The molecule has 4 heteroatoms. The molecule has 0 aliphatic heterocycles. The van der Waals surface area contributed by atoms with Crippen molar-refractivity contribution in [3.63, 3.8) is 0 Å². The molecular formula is C18H19FO3. The number of ketones is 1. The lowest BCUT2D eigenvalue weighted by molar-refractivity contribution is -0.116. The number of carbonyl (C=O) groups is 1. The van der Waals surface area contributed by atoms with Gasteiger partial charge in [0.1, 0.15) is 18.2 Å². The van der Waals surface area contributed by atoms with Gasteiger partial charge in [-0.1, -0.05) is 24.3 Å². The lowest BCUT2D eigenvalue weighted by atomic mass is 10.1. The second-order valence-electron chi connectivity index (χ2n) is 5.07. The Morgan fingerprint density at radius 2 is 1.91 bits per heavy atom. The van der Waals surface area contributed by atoms with Crippen LogP contribution < -0.4 is 9.47 Å². The molecule has 3 nitrogen and oxygen atoms in total. The van der Waals surface area contributed by atoms with Gasteiger partial charge in [0.15, 0.2) is 11.5 Å². The number of rotatable bonds is 7. The van der Waals surface area contributed by atoms with Crippen molar-refractivity contribution in [2.45, 2.75) is 26.4 Å². The van der Waals surface area contributed by atoms with Gasteiger partial charge in [-0.3, -0.25) is 0 Å². The molecule has 0 unspecified atom stereocenters. The summed E-state index contributed by atoms with van der Waals surface area (Å²) in [7, 11) is 1.56. The van der Waals surface area contributed by atoms with Gasteiger partial charge in [0.05, 0.1) is 7.11 Å². The van der Waals surface area contributed by atoms with Crippen molar-refractivity contribution in [1.29, 1.82) is 0 Å². The predicted molar refractivity (Wildman–Crippen MR) is 82.7 cm³/mol. The minimum absolute atomic E-state index is 0.135. The van der Waals surface area contributed by atoms with Crippen LogP contribution in [0.2, 0.25) is 0 Å². The summed E-state index contributed by atoms with van der Waals surface area (Å²) in [5.74, 6) is 0.994. The van der Waals surface area contributed by atoms with E-state index in [1.807, 2.05) is 12.1 Å². The second kappa shape index (κ2) is 7.59. The molecule has 2 rings (SSSR count). The van der Waals surface area contributed by atoms with Crippen LogP contribution in [0.5, 0.6) is 11.5 Å². The lowest BCUT2D eigenvalue weighted by Gasteiger charge is -2.12. The SMILES string of the molecule is COc1cc(CCC(C)=O)ccc1OCc1ccccc1F. The van der Waals surface area contributed by atoms with E-state index in [0.29, 0.717) is 29.9 Å². The van der Waals surface area contributed by atoms with Crippen LogP contribution in [-0.2, 0) is 17.8 Å². The maximum absolute atomic E-state index is 13.6. The van der Waals surface area contributed by atoms with E-state index >= 15 is 0 Å². The molecule has 0 spiro atoms. The number of hydrogen-bond acceptors (Lipinski definition) is 3. The van der Waals surface area contributed by atoms with Crippen molar-refractivity contribution in [2.24, 2.45) is 0 Å². The molecule has 0 fully saturated rings. The van der Waals surface area contributed by atoms with Crippen LogP contribution in [0.4, 0.5) is 4.39 Å². The zero-order chi connectivity index (χ0) is 15.9. The van der Waals surface area contributed by atoms with Crippen molar-refractivity contribution in [3.05, 3.63) is 59.4 Å². The number of benzene rings is 2. The van der Waals surface area contributed by atoms with Gasteiger partial charge < -0.3 is 14.3 Å². The fourth-order valence-electron chi connectivity index (χ4n) is 2.08. The Bertz CT molecular complexity index is 653. The van der Waals surface area contributed by atoms with E-state index < -0.39 is 0 Å². The summed E-state index contributed by atoms with van der Waals surface area (Å²) in [4.78, 5) is 11.0. The molecule has 0 radical (unpaired) electrons. The first-order valence-corrected chi connectivity index (χ1v) is 7.12. The molecule has 2 aromatic rings. The average molecular weight is 302 g/mol. The van der Waals surface area contributed by atoms with Gasteiger partial charge in [-0.15, -0.1) is 0 Å². The van der Waals surface area contributed by atoms with Gasteiger partial charge in [0.25, 0.3) is 0 Å². The highest BCUT2D eigenvalue weighted by molar-refractivity contribution is 5.75. The van der Waals surface area contributed by atoms with Crippen molar-refractivity contribution in [1.82, 2.24) is 0 Å². The van der Waals surface area contributed by atoms with Gasteiger partial charge in [-0.05, 0) is 37.1 Å². The number of hydrogen-bond donors (Lipinski definition) is 0. The molecular weight excluding hydrogens is 283 g/mol. The first-order valence-electron chi connectivity index (χ1n) is 7.12. The second-order valence-corrected chi connectivity index (χ2v) is 5.07. The highest BCUT2D eigenvalue weighted by Gasteiger charge is 2.08. The first kappa shape index (κ1) is 16.0. The Hall–Kier alpha value is -2.36. The van der Waals surface area contributed by atoms with E-state index in [1.54, 1.807) is 38.3 Å². The Balaban J connectivity index is 2.07. The fraction of sp³-hybridized carbons (Fsp3) is 0.278. The normalized spacial score (nSPS) is 10.3. The maximum atomic E-state index is 13.6. The van der Waals surface area contributed by atoms with Gasteiger partial charge in [-0.2, -0.15) is 0 Å². The van der Waals surface area contributed by atoms with E-state index in [2.05, 4.69) is 0 Å². The number of aryl methyl sites for hydroxylation is 1. The third kappa shape index (κ3) is 4.32. The minimum atomic E-state index is -0.292. The highest BCUT2D eigenvalue weighted by Crippen LogP contribution is 2.29. The smallest absolute Gasteiger partial charge is 0.161 e. The molecule has 0 bridgehead atoms. The van der Waals surface area contributed by atoms with Gasteiger partial charge in [0, 0.05) is 12.0 Å². The molecule has 0 aliphatic carbocycles. The first-order chi connectivity index (χ1) is 10.6. The molecule has 0 saturated carbocycles. The van der Waals surface area contributed by atoms with Crippen molar-refractivity contribution in [3.8, 4) is 11.5 Å². The Morgan fingerprint density at radius 3 is 2.59 bits per heavy atom. The Labute approximate surface area is 129 Å². The van der Waals surface area contributed by atoms with Crippen LogP contribution in [-0.4, -0.2) is 12.9 Å². The highest BCUT2D eigenvalue weighted by atomic mass is 19.1. The molecule has 0 aromatic heterocycles. The van der Waals surface area contributed by atoms with Crippen LogP contribution in [0, 0.1) is 5.82 Å². The van der Waals surface area contributed by atoms with E-state index in [0.717, 1.165) is 5.56 Å². The fourth-order valence-corrected chi connectivity index (χ4v) is 2.08. The van der Waals surface area contributed by atoms with Gasteiger partial charge in [-0.25, -0.2) is 4.39 Å². The molecule has 22 heavy (non-hydrogen) atoms. The van der Waals surface area contributed by atoms with Crippen LogP contribution >= 0.6 is 0 Å². The summed E-state index contributed by atoms with van der Waals surface area (Å²) in [5, 5.41) is 0. The Morgan fingerprint density at radius 1 is 1.14 bits per heavy atom. The largest absolute Gasteiger partial charge is 0.493 e. The molecule has 0 aliphatic rings. The molecule has 0 saturated heterocycles. The number of Topliss-reactive ketones (excluding diaryl/α,β-unsaturated/α-hetero) is 1. The third-order valence-electron chi connectivity index (χ3n) is 3.33. The van der Waals surface area contributed by atoms with E-state index in [9.17, 15) is 9.18 Å². The summed E-state index contributed by atoms with van der Waals surface area (Å²) in [6.45, 7) is 1.71. The van der Waals surface area contributed by atoms with E-state index in [4.69, 9.17) is 9.47 Å². The van der Waals surface area contributed by atoms with Gasteiger partial charge >= 0.3 is 0 Å². The van der Waals surface area contributed by atoms with Crippen molar-refractivity contribution in [2.75, 3.05) is 7.11 Å². The average Bonchev–Trinajstić information content (AvgIpc) is 2.52. The number of halogens is 1. The molecule has 0 amide bonds. The standard InChI is InChI=1S/C18H19FO3/c1-13(20)7-8-14-9-10-17(18(11-14)21-2)22-12-15-5-3-4-6-16(15)19/h3-6,9-11H,7-8,12H2,1-2H3. The van der Waals surface area contributed by atoms with E-state index in [1.165, 1.54) is 6.07 Å². The third-order valence-corrected chi connectivity index (χ3v) is 3.33. The minimum Gasteiger partial charge on any atom is -0.493 e. The zero-order valence-corrected chi connectivity index (χ0v) is 12.8. The van der Waals surface area contributed by atoms with Gasteiger partial charge in [0.2, 0.25) is 0 Å². The van der Waals surface area contributed by atoms with Crippen LogP contribution in [0.1, 0.15) is 24.5 Å². The van der Waals surface area contributed by atoms with Crippen LogP contribution in [0.15, 0.2) is 42.5 Å². The summed E-state index contributed by atoms with van der Waals surface area (Å²) in [6.07, 6.45) is 1.16. The van der Waals surface area contributed by atoms with E-state index in [-0.39, 0.29) is 18.2 Å². The number of carbonyl (C=O) groups excluding carboxylic acids is 1. The molecule has 2 aromatic carbocycles. The molecule has 0 N–H and O–H groups in total. The predicted octanol–water partition coefficient (Wildman–Crippen LogP) is 3.93. The number of ether oxygens (including phenoxy) is 2. The topological polar surface area (TPSA) is 35.5 Å². The lowest BCUT2D eigenvalue weighted by Crippen LogP contribution is -2.01. The summed E-state index contributed by atoms with van der Waals surface area (Å²) >= 11 is 0. The van der Waals surface area contributed by atoms with Crippen LogP contribution in [0.3, 0.4) is 0 Å². The maximum Gasteiger partial charge on any atom is 0.161 e. The monoisotopic (exact) mass is 302 g/mol.